The van der Waals surface area contributed by atoms with Crippen LogP contribution in [0.3, 0.4) is 0 Å². The third-order valence-electron chi connectivity index (χ3n) is 2.88. The first-order valence-electron chi connectivity index (χ1n) is 7.02. The molecule has 5 nitrogen and oxygen atoms in total. The minimum absolute atomic E-state index is 0.195. The monoisotopic (exact) mass is 288 g/mol. The summed E-state index contributed by atoms with van der Waals surface area (Å²) in [5, 5.41) is 9.47. The lowest BCUT2D eigenvalue weighted by Gasteiger charge is -2.14. The zero-order chi connectivity index (χ0) is 15.2. The molecule has 1 aromatic carbocycles. The van der Waals surface area contributed by atoms with E-state index in [1.165, 1.54) is 0 Å². The molecule has 2 rings (SSSR count). The molecule has 0 spiro atoms. The van der Waals surface area contributed by atoms with Crippen molar-refractivity contribution in [2.75, 3.05) is 6.61 Å². The van der Waals surface area contributed by atoms with Crippen molar-refractivity contribution in [1.82, 2.24) is 9.97 Å². The average Bonchev–Trinajstić information content (AvgIpc) is 2.49. The molecular weight excluding hydrogens is 268 g/mol. The van der Waals surface area contributed by atoms with Crippen LogP contribution in [0.15, 0.2) is 30.5 Å². The second-order valence-corrected chi connectivity index (χ2v) is 4.83. The lowest BCUT2D eigenvalue weighted by molar-refractivity contribution is 0.268. The van der Waals surface area contributed by atoms with Crippen LogP contribution in [0.1, 0.15) is 38.2 Å². The Bertz CT molecular complexity index is 600. The number of aromatic nitrogens is 2. The molecule has 0 saturated heterocycles. The zero-order valence-corrected chi connectivity index (χ0v) is 12.5. The standard InChI is InChI=1S/C16H20N2O3/c1-4-20-13-7-5-6-8-14(13)21-15-9-17-16(11(2)3)18-12(15)10-19/h5-9,11,19H,4,10H2,1-3H3. The highest BCUT2D eigenvalue weighted by atomic mass is 16.5. The minimum atomic E-state index is -0.200. The maximum atomic E-state index is 9.47. The molecule has 0 aliphatic carbocycles. The third kappa shape index (κ3) is 3.70. The number of hydrogen-bond acceptors (Lipinski definition) is 5. The van der Waals surface area contributed by atoms with Gasteiger partial charge in [0.1, 0.15) is 11.5 Å². The second kappa shape index (κ2) is 7.04. The molecule has 21 heavy (non-hydrogen) atoms. The Kier molecular flexibility index (Phi) is 5.11. The fourth-order valence-corrected chi connectivity index (χ4v) is 1.83. The van der Waals surface area contributed by atoms with Crippen LogP contribution in [0.25, 0.3) is 0 Å². The largest absolute Gasteiger partial charge is 0.490 e. The molecule has 0 aliphatic rings. The summed E-state index contributed by atoms with van der Waals surface area (Å²) in [6.07, 6.45) is 1.59. The Hall–Kier alpha value is -2.14. The fourth-order valence-electron chi connectivity index (χ4n) is 1.83. The van der Waals surface area contributed by atoms with E-state index in [1.807, 2.05) is 45.0 Å². The van der Waals surface area contributed by atoms with Crippen molar-refractivity contribution in [1.29, 1.82) is 0 Å². The Morgan fingerprint density at radius 1 is 1.14 bits per heavy atom. The second-order valence-electron chi connectivity index (χ2n) is 4.83. The van der Waals surface area contributed by atoms with Crippen molar-refractivity contribution in [3.8, 4) is 17.2 Å². The van der Waals surface area contributed by atoms with Gasteiger partial charge in [-0.1, -0.05) is 26.0 Å². The van der Waals surface area contributed by atoms with Crippen LogP contribution in [0.4, 0.5) is 0 Å². The summed E-state index contributed by atoms with van der Waals surface area (Å²) in [5.41, 5.74) is 0.472. The minimum Gasteiger partial charge on any atom is -0.490 e. The smallest absolute Gasteiger partial charge is 0.169 e. The molecule has 0 aliphatic heterocycles. The van der Waals surface area contributed by atoms with Crippen molar-refractivity contribution in [3.05, 3.63) is 42.0 Å². The molecule has 0 saturated carbocycles. The quantitative estimate of drug-likeness (QED) is 0.883. The summed E-state index contributed by atoms with van der Waals surface area (Å²) in [6, 6.07) is 7.38. The van der Waals surface area contributed by atoms with E-state index in [1.54, 1.807) is 6.20 Å². The van der Waals surface area contributed by atoms with Gasteiger partial charge in [0.15, 0.2) is 17.2 Å². The predicted molar refractivity (Wildman–Crippen MR) is 79.7 cm³/mol. The van der Waals surface area contributed by atoms with E-state index < -0.39 is 0 Å². The van der Waals surface area contributed by atoms with E-state index in [4.69, 9.17) is 9.47 Å². The van der Waals surface area contributed by atoms with E-state index in [-0.39, 0.29) is 12.5 Å². The molecule has 2 aromatic rings. The molecule has 5 heteroatoms. The summed E-state index contributed by atoms with van der Waals surface area (Å²) in [6.45, 7) is 6.27. The van der Waals surface area contributed by atoms with Gasteiger partial charge in [0.25, 0.3) is 0 Å². The van der Waals surface area contributed by atoms with Crippen LogP contribution in [-0.4, -0.2) is 21.7 Å². The van der Waals surface area contributed by atoms with Gasteiger partial charge in [-0.15, -0.1) is 0 Å². The predicted octanol–water partition coefficient (Wildman–Crippen LogP) is 3.28. The Balaban J connectivity index is 2.31. The summed E-state index contributed by atoms with van der Waals surface area (Å²) < 4.78 is 11.3. The Morgan fingerprint density at radius 3 is 2.48 bits per heavy atom. The van der Waals surface area contributed by atoms with E-state index in [0.717, 1.165) is 0 Å². The summed E-state index contributed by atoms with van der Waals surface area (Å²) in [7, 11) is 0. The lowest BCUT2D eigenvalue weighted by atomic mass is 10.2. The first kappa shape index (κ1) is 15.3. The van der Waals surface area contributed by atoms with Crippen molar-refractivity contribution in [2.24, 2.45) is 0 Å². The van der Waals surface area contributed by atoms with Crippen LogP contribution < -0.4 is 9.47 Å². The number of aliphatic hydroxyl groups excluding tert-OH is 1. The maximum absolute atomic E-state index is 9.47. The molecule has 112 valence electrons. The number of para-hydroxylation sites is 2. The molecule has 0 atom stereocenters. The maximum Gasteiger partial charge on any atom is 0.169 e. The SMILES string of the molecule is CCOc1ccccc1Oc1cnc(C(C)C)nc1CO. The highest BCUT2D eigenvalue weighted by Gasteiger charge is 2.13. The molecule has 1 aromatic heterocycles. The number of rotatable bonds is 6. The molecule has 1 heterocycles. The van der Waals surface area contributed by atoms with Crippen molar-refractivity contribution < 1.29 is 14.6 Å². The van der Waals surface area contributed by atoms with Crippen molar-refractivity contribution in [2.45, 2.75) is 33.3 Å². The molecule has 1 N–H and O–H groups in total. The van der Waals surface area contributed by atoms with Gasteiger partial charge in [-0.2, -0.15) is 0 Å². The van der Waals surface area contributed by atoms with Gasteiger partial charge < -0.3 is 14.6 Å². The first-order valence-corrected chi connectivity index (χ1v) is 7.02. The molecule has 0 amide bonds. The van der Waals surface area contributed by atoms with E-state index in [9.17, 15) is 5.11 Å². The van der Waals surface area contributed by atoms with Gasteiger partial charge in [-0.05, 0) is 19.1 Å². The first-order chi connectivity index (χ1) is 10.2. The number of aliphatic hydroxyl groups is 1. The average molecular weight is 288 g/mol. The summed E-state index contributed by atoms with van der Waals surface area (Å²) >= 11 is 0. The normalized spacial score (nSPS) is 10.7. The van der Waals surface area contributed by atoms with E-state index in [2.05, 4.69) is 9.97 Å². The van der Waals surface area contributed by atoms with Gasteiger partial charge in [-0.3, -0.25) is 0 Å². The van der Waals surface area contributed by atoms with Crippen molar-refractivity contribution >= 4 is 0 Å². The van der Waals surface area contributed by atoms with Crippen LogP contribution in [0, 0.1) is 0 Å². The van der Waals surface area contributed by atoms with Crippen LogP contribution in [0.2, 0.25) is 0 Å². The third-order valence-corrected chi connectivity index (χ3v) is 2.88. The summed E-state index contributed by atoms with van der Waals surface area (Å²) in [5.74, 6) is 2.55. The molecule has 0 bridgehead atoms. The molecule has 0 radical (unpaired) electrons. The Labute approximate surface area is 124 Å². The summed E-state index contributed by atoms with van der Waals surface area (Å²) in [4.78, 5) is 8.61. The zero-order valence-electron chi connectivity index (χ0n) is 12.5. The van der Waals surface area contributed by atoms with Crippen molar-refractivity contribution in [3.63, 3.8) is 0 Å². The van der Waals surface area contributed by atoms with Gasteiger partial charge in [-0.25, -0.2) is 9.97 Å². The number of ether oxygens (including phenoxy) is 2. The van der Waals surface area contributed by atoms with Gasteiger partial charge >= 0.3 is 0 Å². The molecule has 0 fully saturated rings. The topological polar surface area (TPSA) is 64.5 Å². The van der Waals surface area contributed by atoms with Gasteiger partial charge in [0, 0.05) is 5.92 Å². The van der Waals surface area contributed by atoms with E-state index >= 15 is 0 Å². The molecular formula is C16H20N2O3. The molecule has 0 unspecified atom stereocenters. The van der Waals surface area contributed by atoms with Crippen LogP contribution in [0.5, 0.6) is 17.2 Å². The van der Waals surface area contributed by atoms with E-state index in [0.29, 0.717) is 35.4 Å². The lowest BCUT2D eigenvalue weighted by Crippen LogP contribution is -2.04. The number of nitrogens with zero attached hydrogens (tertiary/aromatic N) is 2. The fraction of sp³-hybridized carbons (Fsp3) is 0.375. The van der Waals surface area contributed by atoms with Crippen LogP contribution in [-0.2, 0) is 6.61 Å². The van der Waals surface area contributed by atoms with Gasteiger partial charge in [0.05, 0.1) is 19.4 Å². The van der Waals surface area contributed by atoms with Gasteiger partial charge in [0.2, 0.25) is 0 Å². The Morgan fingerprint density at radius 2 is 1.86 bits per heavy atom. The highest BCUT2D eigenvalue weighted by molar-refractivity contribution is 5.43. The van der Waals surface area contributed by atoms with Crippen LogP contribution >= 0.6 is 0 Å². The highest BCUT2D eigenvalue weighted by Crippen LogP contribution is 2.32. The number of hydrogen-bond donors (Lipinski definition) is 1. The number of benzene rings is 1.